The van der Waals surface area contributed by atoms with Gasteiger partial charge in [0, 0.05) is 0 Å². The van der Waals surface area contributed by atoms with Gasteiger partial charge < -0.3 is 18.2 Å². The summed E-state index contributed by atoms with van der Waals surface area (Å²) in [5.41, 5.74) is 0. The van der Waals surface area contributed by atoms with Crippen molar-refractivity contribution in [2.75, 3.05) is 0 Å². The van der Waals surface area contributed by atoms with E-state index in [1.54, 1.807) is 0 Å². The maximum absolute atomic E-state index is 8.46. The van der Waals surface area contributed by atoms with E-state index in [9.17, 15) is 0 Å². The summed E-state index contributed by atoms with van der Waals surface area (Å²) >= 11 is 0. The topological polar surface area (TPSA) is 37.3 Å². The van der Waals surface area contributed by atoms with Crippen LogP contribution < -0.4 is 0 Å². The van der Waals surface area contributed by atoms with E-state index in [2.05, 4.69) is 41.0 Å². The van der Waals surface area contributed by atoms with Gasteiger partial charge in [-0.1, -0.05) is 72.1 Å². The van der Waals surface area contributed by atoms with Crippen LogP contribution in [-0.2, 0) is 4.57 Å². The van der Waals surface area contributed by atoms with Gasteiger partial charge in [0.1, 0.15) is 0 Å². The molecule has 0 saturated heterocycles. The molecule has 0 spiro atoms. The third-order valence-corrected chi connectivity index (χ3v) is 2.89. The van der Waals surface area contributed by atoms with Crippen molar-refractivity contribution in [2.45, 2.75) is 85.5 Å². The van der Waals surface area contributed by atoms with E-state index >= 15 is 0 Å². The minimum atomic E-state index is -0.833. The van der Waals surface area contributed by atoms with E-state index in [0.717, 1.165) is 0 Å². The molecule has 0 bridgehead atoms. The number of hydrogen-bond donors (Lipinski definition) is 1. The van der Waals surface area contributed by atoms with Crippen molar-refractivity contribution in [2.24, 2.45) is 5.92 Å². The monoisotopic (exact) mass is 432 g/mol. The molecule has 0 aromatic rings. The van der Waals surface area contributed by atoms with Gasteiger partial charge in [0.25, 0.3) is 0 Å². The number of rotatable bonds is 9. The van der Waals surface area contributed by atoms with Gasteiger partial charge in [-0.3, -0.25) is 0 Å². The molecule has 4 heteroatoms. The van der Waals surface area contributed by atoms with Crippen LogP contribution in [0.25, 0.3) is 0 Å². The summed E-state index contributed by atoms with van der Waals surface area (Å²) in [4.78, 5) is 6.99. The molecule has 0 aromatic heterocycles. The van der Waals surface area contributed by atoms with Crippen molar-refractivity contribution in [1.82, 2.24) is 0 Å². The summed E-state index contributed by atoms with van der Waals surface area (Å²) in [6, 6.07) is 0. The molecule has 1 unspecified atom stereocenters. The van der Waals surface area contributed by atoms with Gasteiger partial charge in [-0.2, -0.15) is 19.3 Å². The Morgan fingerprint density at radius 2 is 1.60 bits per heavy atom. The summed E-state index contributed by atoms with van der Waals surface area (Å²) in [6.07, 6.45) is 14.3. The first-order valence-electron chi connectivity index (χ1n) is 7.71. The van der Waals surface area contributed by atoms with Gasteiger partial charge in [0.05, 0.1) is 0 Å². The Kier molecular flexibility index (Phi) is 47.6. The summed E-state index contributed by atoms with van der Waals surface area (Å²) in [6.45, 7) is 12.8. The van der Waals surface area contributed by atoms with Crippen LogP contribution in [0.5, 0.6) is 0 Å². The Bertz CT molecular complexity index is 140. The van der Waals surface area contributed by atoms with Crippen LogP contribution in [0, 0.1) is 60.1 Å². The van der Waals surface area contributed by atoms with E-state index in [0.29, 0.717) is 5.92 Å². The normalized spacial score (nSPS) is 10.5. The minimum Gasteiger partial charge on any atom is -0.340 e. The van der Waals surface area contributed by atoms with Crippen molar-refractivity contribution in [1.29, 1.82) is 0 Å². The molecule has 1 radical (unpaired) electrons. The third kappa shape index (κ3) is 42.7. The molecule has 0 aliphatic rings. The second-order valence-corrected chi connectivity index (χ2v) is 4.92. The van der Waals surface area contributed by atoms with Crippen LogP contribution in [0.15, 0.2) is 0 Å². The summed E-state index contributed by atoms with van der Waals surface area (Å²) in [5, 5.41) is 0. The summed E-state index contributed by atoms with van der Waals surface area (Å²) < 4.78 is 8.46. The van der Waals surface area contributed by atoms with Crippen LogP contribution in [0.4, 0.5) is 0 Å². The van der Waals surface area contributed by atoms with Crippen molar-refractivity contribution in [3.05, 3.63) is 13.3 Å². The molecule has 0 heterocycles. The molecule has 0 aliphatic carbocycles. The van der Waals surface area contributed by atoms with Gasteiger partial charge in [-0.05, 0) is 0 Å². The molecule has 119 valence electrons. The zero-order valence-electron chi connectivity index (χ0n) is 14.0. The zero-order chi connectivity index (χ0) is 15.4. The first-order chi connectivity index (χ1) is 9.14. The maximum atomic E-state index is 8.46. The Labute approximate surface area is 162 Å². The van der Waals surface area contributed by atoms with Gasteiger partial charge >= 0.3 is 49.5 Å². The van der Waals surface area contributed by atoms with Crippen molar-refractivity contribution >= 4 is 8.69 Å². The Morgan fingerprint density at radius 1 is 1.10 bits per heavy atom. The number of hydrogen-bond acceptors (Lipinski definition) is 1. The average molecular weight is 435 g/mol. The van der Waals surface area contributed by atoms with E-state index in [-0.39, 0.29) is 40.8 Å². The van der Waals surface area contributed by atoms with Crippen LogP contribution >= 0.6 is 8.69 Å². The SMILES string of the molecule is C[CH-]CCCCCC.O=PO.[CH2-]C(CC)CCCC.[Nd+3]. The Balaban J connectivity index is -0.000000103. The van der Waals surface area contributed by atoms with Gasteiger partial charge in [0.15, 0.2) is 0 Å². The average Bonchev–Trinajstić information content (AvgIpc) is 2.42. The van der Waals surface area contributed by atoms with Gasteiger partial charge in [-0.25, -0.2) is 4.57 Å². The van der Waals surface area contributed by atoms with E-state index < -0.39 is 8.69 Å². The third-order valence-electron chi connectivity index (χ3n) is 2.89. The summed E-state index contributed by atoms with van der Waals surface area (Å²) in [7, 11) is -0.833. The first kappa shape index (κ1) is 29.4. The molecular formula is C16H35NdO2P+. The van der Waals surface area contributed by atoms with Crippen molar-refractivity contribution < 1.29 is 50.3 Å². The van der Waals surface area contributed by atoms with Crippen LogP contribution in [-0.4, -0.2) is 4.89 Å². The van der Waals surface area contributed by atoms with Crippen LogP contribution in [0.2, 0.25) is 0 Å². The van der Waals surface area contributed by atoms with E-state index in [1.807, 2.05) is 0 Å². The van der Waals surface area contributed by atoms with Gasteiger partial charge in [0.2, 0.25) is 0 Å². The molecule has 0 saturated carbocycles. The van der Waals surface area contributed by atoms with Crippen molar-refractivity contribution in [3.8, 4) is 0 Å². The van der Waals surface area contributed by atoms with Crippen LogP contribution in [0.3, 0.4) is 0 Å². The maximum Gasteiger partial charge on any atom is 3.00 e. The summed E-state index contributed by atoms with van der Waals surface area (Å²) in [5.74, 6) is 0.704. The molecule has 0 rings (SSSR count). The predicted molar refractivity (Wildman–Crippen MR) is 87.2 cm³/mol. The molecular weight excluding hydrogens is 399 g/mol. The molecule has 1 N–H and O–H groups in total. The van der Waals surface area contributed by atoms with E-state index in [4.69, 9.17) is 9.46 Å². The predicted octanol–water partition coefficient (Wildman–Crippen LogP) is 6.40. The molecule has 2 nitrogen and oxygen atoms in total. The number of unbranched alkanes of at least 4 members (excludes halogenated alkanes) is 6. The minimum absolute atomic E-state index is 0. The smallest absolute Gasteiger partial charge is 0.340 e. The zero-order valence-corrected chi connectivity index (χ0v) is 18.1. The molecule has 1 atom stereocenters. The Morgan fingerprint density at radius 3 is 1.95 bits per heavy atom. The molecule has 0 aromatic carbocycles. The standard InChI is InChI=1S/2C8H17.Nd.HO2P/c1-4-6-7-8(3)5-2;1-3-5-7-8-6-4-2;;1-3-2/h8H,3-7H2,1-2H3;3H,4-8H2,1-2H3;;(H,1,2)/q2*-1;+3;. The van der Waals surface area contributed by atoms with Gasteiger partial charge in [-0.15, -0.1) is 0 Å². The molecule has 20 heavy (non-hydrogen) atoms. The molecule has 0 amide bonds. The molecule has 0 aliphatic heterocycles. The molecule has 0 fully saturated rings. The Hall–Kier alpha value is 1.41. The largest absolute Gasteiger partial charge is 3.00 e. The fourth-order valence-electron chi connectivity index (χ4n) is 1.47. The second kappa shape index (κ2) is 32.4. The fraction of sp³-hybridized carbons (Fsp3) is 0.875. The second-order valence-electron chi connectivity index (χ2n) is 4.76. The quantitative estimate of drug-likeness (QED) is 0.259. The van der Waals surface area contributed by atoms with E-state index in [1.165, 1.54) is 57.8 Å². The first-order valence-corrected chi connectivity index (χ1v) is 8.48. The van der Waals surface area contributed by atoms with Crippen LogP contribution in [0.1, 0.15) is 85.5 Å². The van der Waals surface area contributed by atoms with Crippen molar-refractivity contribution in [3.63, 3.8) is 0 Å². The fourth-order valence-corrected chi connectivity index (χ4v) is 1.47.